The Labute approximate surface area is 306 Å². The second-order valence-corrected chi connectivity index (χ2v) is 23.2. The topological polar surface area (TPSA) is 167 Å². The summed E-state index contributed by atoms with van der Waals surface area (Å²) in [7, 11) is -3.89. The van der Waals surface area contributed by atoms with Gasteiger partial charge in [-0.1, -0.05) is 116 Å². The van der Waals surface area contributed by atoms with Gasteiger partial charge in [-0.3, -0.25) is 0 Å². The molecule has 0 atom stereocenters. The molecule has 10 nitrogen and oxygen atoms in total. The minimum absolute atomic E-state index is 0. The van der Waals surface area contributed by atoms with Crippen LogP contribution in [0.2, 0.25) is 0 Å². The van der Waals surface area contributed by atoms with Crippen LogP contribution in [-0.2, 0) is 25.6 Å². The molecule has 0 unspecified atom stereocenters. The van der Waals surface area contributed by atoms with Gasteiger partial charge in [0.2, 0.25) is 0 Å². The van der Waals surface area contributed by atoms with Crippen LogP contribution < -0.4 is 0 Å². The van der Waals surface area contributed by atoms with E-state index in [1.165, 1.54) is 193 Å². The van der Waals surface area contributed by atoms with E-state index in [9.17, 15) is 9.13 Å². The maximum atomic E-state index is 14.3. The average molecular weight is 776 g/mol. The maximum absolute atomic E-state index is 14.3. The summed E-state index contributed by atoms with van der Waals surface area (Å²) in [6.45, 7) is 0. The van der Waals surface area contributed by atoms with Crippen LogP contribution in [0.5, 0.6) is 0 Å². The molecule has 0 N–H and O–H groups in total. The third-order valence-electron chi connectivity index (χ3n) is 12.9. The molecule has 0 amide bonds. The Morgan fingerprint density at radius 1 is 0.306 bits per heavy atom. The van der Waals surface area contributed by atoms with Crippen molar-refractivity contribution in [2.75, 3.05) is 0 Å². The minimum atomic E-state index is -1.95. The number of rotatable bonds is 6. The Morgan fingerprint density at radius 3 is 0.510 bits per heavy atom. The molecule has 49 heavy (non-hydrogen) atoms. The van der Waals surface area contributed by atoms with Crippen molar-refractivity contribution in [2.45, 2.75) is 227 Å². The second kappa shape index (κ2) is 23.8. The molecular formula is C36H66N2NiO8P2. The summed E-state index contributed by atoms with van der Waals surface area (Å²) in [5.74, 6) is 0. The van der Waals surface area contributed by atoms with Crippen LogP contribution >= 0.6 is 14.3 Å². The van der Waals surface area contributed by atoms with Gasteiger partial charge in [0.25, 0.3) is 0 Å². The quantitative estimate of drug-likeness (QED) is 0.111. The molecule has 0 radical (unpaired) electrons. The van der Waals surface area contributed by atoms with Gasteiger partial charge >= 0.3 is 16.5 Å². The van der Waals surface area contributed by atoms with E-state index in [4.69, 9.17) is 30.6 Å². The predicted octanol–water partition coefficient (Wildman–Crippen LogP) is 12.2. The molecule has 288 valence electrons. The van der Waals surface area contributed by atoms with Gasteiger partial charge in [-0.15, -0.1) is 0 Å². The molecule has 0 aromatic rings. The molecule has 6 aliphatic rings. The molecule has 0 aliphatic heterocycles. The third kappa shape index (κ3) is 14.0. The van der Waals surface area contributed by atoms with Crippen molar-refractivity contribution in [3.63, 3.8) is 0 Å². The van der Waals surface area contributed by atoms with E-state index in [0.717, 1.165) is 0 Å². The zero-order valence-electron chi connectivity index (χ0n) is 30.0. The SMILES string of the molecule is O=P(C1CCCCC1)(C1CCCCC1)C1CCCCC1.O=P(C1CCCCC1)(C1CCCCC1)C1CCCCC1.O=[N+]([O-])[O-].O=[N+]([O-])[O-].[Ni+2]. The molecule has 6 rings (SSSR count). The van der Waals surface area contributed by atoms with E-state index < -0.39 is 24.5 Å². The first-order valence-electron chi connectivity index (χ1n) is 19.9. The molecule has 0 saturated heterocycles. The molecule has 13 heteroatoms. The Balaban J connectivity index is 0.000000275. The molecule has 6 fully saturated rings. The Kier molecular flexibility index (Phi) is 21.6. The largest absolute Gasteiger partial charge is 2.00 e. The summed E-state index contributed by atoms with van der Waals surface area (Å²) in [4.78, 5) is 16.5. The molecule has 6 saturated carbocycles. The first-order valence-corrected chi connectivity index (χ1v) is 23.7. The van der Waals surface area contributed by atoms with Crippen molar-refractivity contribution in [2.24, 2.45) is 0 Å². The van der Waals surface area contributed by atoms with Gasteiger partial charge in [-0.2, -0.15) is 0 Å². The summed E-state index contributed by atoms with van der Waals surface area (Å²) >= 11 is 0. The fraction of sp³-hybridized carbons (Fsp3) is 1.00. The molecule has 6 aliphatic carbocycles. The van der Waals surface area contributed by atoms with Crippen molar-refractivity contribution in [1.82, 2.24) is 0 Å². The van der Waals surface area contributed by atoms with Gasteiger partial charge in [0.15, 0.2) is 0 Å². The van der Waals surface area contributed by atoms with Crippen LogP contribution in [0.1, 0.15) is 193 Å². The van der Waals surface area contributed by atoms with Gasteiger partial charge in [-0.25, -0.2) is 0 Å². The van der Waals surface area contributed by atoms with Crippen molar-refractivity contribution in [3.05, 3.63) is 30.6 Å². The first-order chi connectivity index (χ1) is 23.1. The summed E-state index contributed by atoms with van der Waals surface area (Å²) in [6, 6.07) is 0. The smallest absolute Gasteiger partial charge is 0.356 e. The zero-order chi connectivity index (χ0) is 34.8. The van der Waals surface area contributed by atoms with E-state index in [-0.39, 0.29) is 16.5 Å². The van der Waals surface area contributed by atoms with Crippen LogP contribution in [0.25, 0.3) is 0 Å². The van der Waals surface area contributed by atoms with Crippen LogP contribution in [-0.4, -0.2) is 44.1 Å². The Bertz CT molecular complexity index is 824. The zero-order valence-corrected chi connectivity index (χ0v) is 32.8. The molecule has 0 heterocycles. The fourth-order valence-electron chi connectivity index (χ4n) is 10.7. The normalized spacial score (nSPS) is 24.3. The van der Waals surface area contributed by atoms with Crippen LogP contribution in [0.15, 0.2) is 0 Å². The second-order valence-electron chi connectivity index (χ2n) is 15.7. The van der Waals surface area contributed by atoms with Gasteiger partial charge < -0.3 is 39.8 Å². The standard InChI is InChI=1S/2C18H33OP.2NO3.Ni/c2*19-20(16-10-4-1-5-11-16,17-12-6-2-7-13-17)18-14-8-3-9-15-18;2*2-1(3)4;/h2*16-18H,1-15H2;;;/q;;2*-1;+2. The third-order valence-corrected chi connectivity index (χ3v) is 22.8. The van der Waals surface area contributed by atoms with Crippen molar-refractivity contribution >= 4 is 14.3 Å². The van der Waals surface area contributed by atoms with Crippen molar-refractivity contribution in [3.8, 4) is 0 Å². The van der Waals surface area contributed by atoms with E-state index in [1.54, 1.807) is 0 Å². The van der Waals surface area contributed by atoms with Crippen LogP contribution in [0.3, 0.4) is 0 Å². The predicted molar refractivity (Wildman–Crippen MR) is 197 cm³/mol. The summed E-state index contributed by atoms with van der Waals surface area (Å²) < 4.78 is 28.6. The van der Waals surface area contributed by atoms with Crippen molar-refractivity contribution < 1.29 is 35.8 Å². The molecule has 0 spiro atoms. The molecule has 0 bridgehead atoms. The van der Waals surface area contributed by atoms with E-state index in [0.29, 0.717) is 34.0 Å². The van der Waals surface area contributed by atoms with Crippen LogP contribution in [0.4, 0.5) is 0 Å². The summed E-state index contributed by atoms with van der Waals surface area (Å²) in [5.41, 5.74) is 3.76. The Morgan fingerprint density at radius 2 is 0.408 bits per heavy atom. The monoisotopic (exact) mass is 774 g/mol. The summed E-state index contributed by atoms with van der Waals surface area (Å²) in [5, 5.41) is 29.5. The number of hydrogen-bond acceptors (Lipinski definition) is 8. The minimum Gasteiger partial charge on any atom is -0.356 e. The number of hydrogen-bond donors (Lipinski definition) is 0. The van der Waals surface area contributed by atoms with E-state index in [2.05, 4.69) is 0 Å². The Hall–Kier alpha value is -0.646. The fourth-order valence-corrected chi connectivity index (χ4v) is 21.3. The van der Waals surface area contributed by atoms with Gasteiger partial charge in [0.05, 0.1) is 24.5 Å². The molecular weight excluding hydrogens is 709 g/mol. The van der Waals surface area contributed by atoms with Crippen LogP contribution in [0, 0.1) is 30.6 Å². The van der Waals surface area contributed by atoms with E-state index >= 15 is 0 Å². The maximum Gasteiger partial charge on any atom is 2.00 e. The first kappa shape index (κ1) is 44.5. The molecule has 0 aromatic heterocycles. The van der Waals surface area contributed by atoms with Gasteiger partial charge in [0.1, 0.15) is 0 Å². The van der Waals surface area contributed by atoms with Gasteiger partial charge in [0, 0.05) is 34.0 Å². The van der Waals surface area contributed by atoms with Gasteiger partial charge in [-0.05, 0) is 77.0 Å². The summed E-state index contributed by atoms with van der Waals surface area (Å²) in [6.07, 6.45) is 40.2. The average Bonchev–Trinajstić information content (AvgIpc) is 3.13. The van der Waals surface area contributed by atoms with E-state index in [1.807, 2.05) is 0 Å². The van der Waals surface area contributed by atoms with Crippen molar-refractivity contribution in [1.29, 1.82) is 0 Å². The molecule has 0 aromatic carbocycles. The number of nitrogens with zero attached hydrogens (tertiary/aromatic N) is 2.